The van der Waals surface area contributed by atoms with Crippen molar-refractivity contribution in [3.8, 4) is 0 Å². The highest BCUT2D eigenvalue weighted by Crippen LogP contribution is 2.15. The molecule has 2 rings (SSSR count). The number of unbranched alkanes of at least 4 members (excludes halogenated alkanes) is 1. The van der Waals surface area contributed by atoms with Crippen LogP contribution in [0.1, 0.15) is 26.2 Å². The van der Waals surface area contributed by atoms with Gasteiger partial charge in [-0.3, -0.25) is 4.79 Å². The Labute approximate surface area is 114 Å². The van der Waals surface area contributed by atoms with Crippen molar-refractivity contribution < 1.29 is 4.79 Å². The lowest BCUT2D eigenvalue weighted by Crippen LogP contribution is -2.49. The molecule has 1 aliphatic heterocycles. The Morgan fingerprint density at radius 3 is 2.63 bits per heavy atom. The Balaban J connectivity index is 1.85. The number of carbonyl (C=O) groups excluding carboxylic acids is 1. The number of anilines is 2. The van der Waals surface area contributed by atoms with Crippen LogP contribution in [0.25, 0.3) is 0 Å². The predicted octanol–water partition coefficient (Wildman–Crippen LogP) is 1.50. The molecule has 1 fully saturated rings. The van der Waals surface area contributed by atoms with Gasteiger partial charge in [0.25, 0.3) is 0 Å². The Bertz CT molecular complexity index is 410. The molecular formula is C14H22N4O. The third-order valence-corrected chi connectivity index (χ3v) is 3.47. The van der Waals surface area contributed by atoms with Gasteiger partial charge in [0.2, 0.25) is 5.91 Å². The SMILES string of the molecule is CCCCC(=O)N1CCN(c2ccc(N)cn2)CC1. The largest absolute Gasteiger partial charge is 0.397 e. The van der Waals surface area contributed by atoms with Crippen LogP contribution in [0.3, 0.4) is 0 Å². The molecule has 0 unspecified atom stereocenters. The Kier molecular flexibility index (Phi) is 4.60. The van der Waals surface area contributed by atoms with Gasteiger partial charge < -0.3 is 15.5 Å². The number of amides is 1. The summed E-state index contributed by atoms with van der Waals surface area (Å²) in [4.78, 5) is 20.4. The summed E-state index contributed by atoms with van der Waals surface area (Å²) in [6, 6.07) is 3.80. The molecule has 104 valence electrons. The summed E-state index contributed by atoms with van der Waals surface area (Å²) in [7, 11) is 0. The first-order valence-corrected chi connectivity index (χ1v) is 6.95. The van der Waals surface area contributed by atoms with Crippen LogP contribution in [0, 0.1) is 0 Å². The maximum atomic E-state index is 11.9. The van der Waals surface area contributed by atoms with Crippen LogP contribution in [0.4, 0.5) is 11.5 Å². The lowest BCUT2D eigenvalue weighted by Gasteiger charge is -2.35. The Morgan fingerprint density at radius 1 is 1.32 bits per heavy atom. The molecule has 0 bridgehead atoms. The molecular weight excluding hydrogens is 240 g/mol. The average Bonchev–Trinajstić information content (AvgIpc) is 2.46. The molecule has 5 heteroatoms. The second-order valence-electron chi connectivity index (χ2n) is 4.92. The summed E-state index contributed by atoms with van der Waals surface area (Å²) >= 11 is 0. The third kappa shape index (κ3) is 3.59. The maximum absolute atomic E-state index is 11.9. The van der Waals surface area contributed by atoms with E-state index < -0.39 is 0 Å². The van der Waals surface area contributed by atoms with Gasteiger partial charge in [-0.1, -0.05) is 13.3 Å². The van der Waals surface area contributed by atoms with E-state index in [2.05, 4.69) is 16.8 Å². The molecule has 1 aromatic rings. The summed E-state index contributed by atoms with van der Waals surface area (Å²) in [5, 5.41) is 0. The number of nitrogen functional groups attached to an aromatic ring is 1. The molecule has 0 aliphatic carbocycles. The summed E-state index contributed by atoms with van der Waals surface area (Å²) in [6.45, 7) is 5.37. The van der Waals surface area contributed by atoms with Crippen molar-refractivity contribution in [2.75, 3.05) is 36.8 Å². The molecule has 1 saturated heterocycles. The van der Waals surface area contributed by atoms with Gasteiger partial charge in [-0.05, 0) is 18.6 Å². The number of rotatable bonds is 4. The molecule has 0 atom stereocenters. The van der Waals surface area contributed by atoms with E-state index in [0.29, 0.717) is 12.1 Å². The highest BCUT2D eigenvalue weighted by molar-refractivity contribution is 5.76. The molecule has 1 amide bonds. The van der Waals surface area contributed by atoms with Crippen LogP contribution < -0.4 is 10.6 Å². The minimum atomic E-state index is 0.284. The van der Waals surface area contributed by atoms with Gasteiger partial charge >= 0.3 is 0 Å². The van der Waals surface area contributed by atoms with Crippen molar-refractivity contribution in [2.24, 2.45) is 0 Å². The normalized spacial score (nSPS) is 15.6. The number of piperazine rings is 1. The minimum absolute atomic E-state index is 0.284. The molecule has 2 heterocycles. The number of carbonyl (C=O) groups is 1. The molecule has 2 N–H and O–H groups in total. The van der Waals surface area contributed by atoms with Gasteiger partial charge in [0.15, 0.2) is 0 Å². The number of pyridine rings is 1. The van der Waals surface area contributed by atoms with Crippen LogP contribution in [-0.2, 0) is 4.79 Å². The van der Waals surface area contributed by atoms with E-state index in [1.165, 1.54) is 0 Å². The summed E-state index contributed by atoms with van der Waals surface area (Å²) in [5.74, 6) is 1.22. The Morgan fingerprint density at radius 2 is 2.05 bits per heavy atom. The van der Waals surface area contributed by atoms with Crippen molar-refractivity contribution in [2.45, 2.75) is 26.2 Å². The van der Waals surface area contributed by atoms with E-state index in [1.807, 2.05) is 17.0 Å². The Hall–Kier alpha value is -1.78. The van der Waals surface area contributed by atoms with E-state index in [0.717, 1.165) is 44.8 Å². The lowest BCUT2D eigenvalue weighted by atomic mass is 10.2. The smallest absolute Gasteiger partial charge is 0.222 e. The first-order chi connectivity index (χ1) is 9.20. The van der Waals surface area contributed by atoms with E-state index in [1.54, 1.807) is 6.20 Å². The van der Waals surface area contributed by atoms with Crippen molar-refractivity contribution in [1.82, 2.24) is 9.88 Å². The zero-order valence-corrected chi connectivity index (χ0v) is 11.5. The van der Waals surface area contributed by atoms with Gasteiger partial charge in [-0.25, -0.2) is 4.98 Å². The number of hydrogen-bond donors (Lipinski definition) is 1. The number of nitrogens with two attached hydrogens (primary N) is 1. The predicted molar refractivity (Wildman–Crippen MR) is 77.0 cm³/mol. The maximum Gasteiger partial charge on any atom is 0.222 e. The standard InChI is InChI=1S/C14H22N4O/c1-2-3-4-14(19)18-9-7-17(8-10-18)13-6-5-12(15)11-16-13/h5-6,11H,2-4,7-10,15H2,1H3. The molecule has 0 saturated carbocycles. The monoisotopic (exact) mass is 262 g/mol. The molecule has 5 nitrogen and oxygen atoms in total. The first-order valence-electron chi connectivity index (χ1n) is 6.95. The second kappa shape index (κ2) is 6.41. The van der Waals surface area contributed by atoms with E-state index in [-0.39, 0.29) is 5.91 Å². The molecule has 1 aromatic heterocycles. The van der Waals surface area contributed by atoms with Crippen LogP contribution in [0.5, 0.6) is 0 Å². The lowest BCUT2D eigenvalue weighted by molar-refractivity contribution is -0.131. The highest BCUT2D eigenvalue weighted by atomic mass is 16.2. The number of aromatic nitrogens is 1. The van der Waals surface area contributed by atoms with E-state index >= 15 is 0 Å². The average molecular weight is 262 g/mol. The van der Waals surface area contributed by atoms with Crippen molar-refractivity contribution in [3.63, 3.8) is 0 Å². The minimum Gasteiger partial charge on any atom is -0.397 e. The number of nitrogens with zero attached hydrogens (tertiary/aromatic N) is 3. The van der Waals surface area contributed by atoms with Crippen LogP contribution in [0.15, 0.2) is 18.3 Å². The van der Waals surface area contributed by atoms with Crippen molar-refractivity contribution >= 4 is 17.4 Å². The quantitative estimate of drug-likeness (QED) is 0.893. The topological polar surface area (TPSA) is 62.5 Å². The number of hydrogen-bond acceptors (Lipinski definition) is 4. The van der Waals surface area contributed by atoms with E-state index in [4.69, 9.17) is 5.73 Å². The van der Waals surface area contributed by atoms with E-state index in [9.17, 15) is 4.79 Å². The van der Waals surface area contributed by atoms with Gasteiger partial charge in [-0.2, -0.15) is 0 Å². The molecule has 1 aliphatic rings. The summed E-state index contributed by atoms with van der Waals surface area (Å²) < 4.78 is 0. The van der Waals surface area contributed by atoms with Crippen LogP contribution in [0.2, 0.25) is 0 Å². The fourth-order valence-electron chi connectivity index (χ4n) is 2.26. The van der Waals surface area contributed by atoms with Gasteiger partial charge in [0.1, 0.15) is 5.82 Å². The molecule has 0 aromatic carbocycles. The molecule has 19 heavy (non-hydrogen) atoms. The van der Waals surface area contributed by atoms with Crippen LogP contribution in [-0.4, -0.2) is 42.0 Å². The second-order valence-corrected chi connectivity index (χ2v) is 4.92. The zero-order chi connectivity index (χ0) is 13.7. The molecule has 0 radical (unpaired) electrons. The first kappa shape index (κ1) is 13.6. The van der Waals surface area contributed by atoms with Gasteiger partial charge in [0.05, 0.1) is 11.9 Å². The van der Waals surface area contributed by atoms with Crippen molar-refractivity contribution in [3.05, 3.63) is 18.3 Å². The zero-order valence-electron chi connectivity index (χ0n) is 11.5. The third-order valence-electron chi connectivity index (χ3n) is 3.47. The fourth-order valence-corrected chi connectivity index (χ4v) is 2.26. The highest BCUT2D eigenvalue weighted by Gasteiger charge is 2.21. The molecule has 0 spiro atoms. The summed E-state index contributed by atoms with van der Waals surface area (Å²) in [5.41, 5.74) is 6.31. The van der Waals surface area contributed by atoms with Gasteiger partial charge in [-0.15, -0.1) is 0 Å². The summed E-state index contributed by atoms with van der Waals surface area (Å²) in [6.07, 6.45) is 4.41. The fraction of sp³-hybridized carbons (Fsp3) is 0.571. The van der Waals surface area contributed by atoms with Gasteiger partial charge in [0, 0.05) is 32.6 Å². The van der Waals surface area contributed by atoms with Crippen LogP contribution >= 0.6 is 0 Å². The van der Waals surface area contributed by atoms with Crippen molar-refractivity contribution in [1.29, 1.82) is 0 Å².